The molecular formula is C25H30FN5O2. The average molecular weight is 452 g/mol. The number of fused-ring (bicyclic) bond motifs is 1. The Bertz CT molecular complexity index is 1200. The van der Waals surface area contributed by atoms with Crippen LogP contribution in [0.5, 0.6) is 0 Å². The minimum atomic E-state index is -0.348. The van der Waals surface area contributed by atoms with E-state index in [1.165, 1.54) is 12.1 Å². The van der Waals surface area contributed by atoms with Gasteiger partial charge < -0.3 is 14.9 Å². The van der Waals surface area contributed by atoms with Gasteiger partial charge in [-0.15, -0.1) is 0 Å². The molecule has 1 N–H and O–H groups in total. The van der Waals surface area contributed by atoms with Gasteiger partial charge in [0, 0.05) is 48.9 Å². The van der Waals surface area contributed by atoms with E-state index in [0.717, 1.165) is 48.5 Å². The lowest BCUT2D eigenvalue weighted by molar-refractivity contribution is 0.0605. The van der Waals surface area contributed by atoms with Gasteiger partial charge in [-0.1, -0.05) is 6.92 Å². The van der Waals surface area contributed by atoms with Gasteiger partial charge in [0.1, 0.15) is 11.6 Å². The highest BCUT2D eigenvalue weighted by Crippen LogP contribution is 2.33. The summed E-state index contributed by atoms with van der Waals surface area (Å²) in [6, 6.07) is 6.14. The number of piperidine rings is 1. The van der Waals surface area contributed by atoms with E-state index in [1.807, 2.05) is 31.0 Å². The van der Waals surface area contributed by atoms with Crippen molar-refractivity contribution in [3.8, 4) is 0 Å². The van der Waals surface area contributed by atoms with E-state index < -0.39 is 0 Å². The average Bonchev–Trinajstić information content (AvgIpc) is 3.35. The zero-order chi connectivity index (χ0) is 23.3. The molecule has 8 heteroatoms. The summed E-state index contributed by atoms with van der Waals surface area (Å²) in [5, 5.41) is 15.0. The number of carbonyl (C=O) groups is 1. The highest BCUT2D eigenvalue weighted by Gasteiger charge is 2.32. The lowest BCUT2D eigenvalue weighted by atomic mass is 9.97. The minimum absolute atomic E-state index is 0.0841. The van der Waals surface area contributed by atoms with Crippen molar-refractivity contribution in [1.82, 2.24) is 19.5 Å². The Hall–Kier alpha value is -3.00. The van der Waals surface area contributed by atoms with Crippen LogP contribution in [0, 0.1) is 25.6 Å². The summed E-state index contributed by atoms with van der Waals surface area (Å²) < 4.78 is 15.4. The van der Waals surface area contributed by atoms with Gasteiger partial charge in [0.05, 0.1) is 17.8 Å². The Morgan fingerprint density at radius 2 is 1.97 bits per heavy atom. The number of likely N-dealkylation sites (tertiary alicyclic amines) is 1. The van der Waals surface area contributed by atoms with Crippen LogP contribution in [0.3, 0.4) is 0 Å². The Morgan fingerprint density at radius 1 is 1.15 bits per heavy atom. The predicted octanol–water partition coefficient (Wildman–Crippen LogP) is 3.67. The summed E-state index contributed by atoms with van der Waals surface area (Å²) in [5.74, 6) is 0.659. The molecule has 2 aliphatic rings. The fourth-order valence-corrected chi connectivity index (χ4v) is 5.13. The maximum atomic E-state index is 13.6. The molecule has 2 fully saturated rings. The third-order valence-electron chi connectivity index (χ3n) is 7.02. The standard InChI is InChI=1S/C25H30FN5O2/c1-15-10-18(26)7-8-19(15)25(33)30-9-5-4-6-21(30)20-11-23-27-24(17(3)13-31(23)28-20)29-12-16(2)22(32)14-29/h7-8,10-11,13,16,21-22,32H,4-6,9,12,14H2,1-3H3/t16-,21+,22+/m1/s1. The zero-order valence-electron chi connectivity index (χ0n) is 19.3. The minimum Gasteiger partial charge on any atom is -0.391 e. The number of amides is 1. The van der Waals surface area contributed by atoms with Crippen LogP contribution in [0.2, 0.25) is 0 Å². The number of aliphatic hydroxyl groups is 1. The highest BCUT2D eigenvalue weighted by atomic mass is 19.1. The molecule has 0 saturated carbocycles. The van der Waals surface area contributed by atoms with E-state index in [1.54, 1.807) is 17.5 Å². The molecule has 3 atom stereocenters. The molecular weight excluding hydrogens is 421 g/mol. The molecule has 33 heavy (non-hydrogen) atoms. The quantitative estimate of drug-likeness (QED) is 0.658. The molecule has 174 valence electrons. The molecule has 0 radical (unpaired) electrons. The molecule has 1 aromatic carbocycles. The number of aryl methyl sites for hydroxylation is 2. The number of carbonyl (C=O) groups excluding carboxylic acids is 1. The monoisotopic (exact) mass is 451 g/mol. The van der Waals surface area contributed by atoms with Crippen LogP contribution in [0.1, 0.15) is 59.4 Å². The number of aromatic nitrogens is 3. The van der Waals surface area contributed by atoms with Gasteiger partial charge in [-0.3, -0.25) is 4.79 Å². The molecule has 1 amide bonds. The van der Waals surface area contributed by atoms with Crippen molar-refractivity contribution in [2.75, 3.05) is 24.5 Å². The number of anilines is 1. The first-order valence-corrected chi connectivity index (χ1v) is 11.7. The number of hydrogen-bond donors (Lipinski definition) is 1. The summed E-state index contributed by atoms with van der Waals surface area (Å²) in [4.78, 5) is 22.3. The first-order valence-electron chi connectivity index (χ1n) is 11.7. The molecule has 0 aliphatic carbocycles. The molecule has 7 nitrogen and oxygen atoms in total. The van der Waals surface area contributed by atoms with Gasteiger partial charge in [-0.2, -0.15) is 5.10 Å². The number of nitrogens with zero attached hydrogens (tertiary/aromatic N) is 5. The van der Waals surface area contributed by atoms with E-state index >= 15 is 0 Å². The molecule has 5 rings (SSSR count). The van der Waals surface area contributed by atoms with Gasteiger partial charge in [0.15, 0.2) is 5.65 Å². The Kier molecular flexibility index (Phi) is 5.56. The van der Waals surface area contributed by atoms with Crippen molar-refractivity contribution >= 4 is 17.4 Å². The summed E-state index contributed by atoms with van der Waals surface area (Å²) >= 11 is 0. The molecule has 3 aromatic rings. The lowest BCUT2D eigenvalue weighted by Crippen LogP contribution is -2.39. The summed E-state index contributed by atoms with van der Waals surface area (Å²) in [6.45, 7) is 7.82. The van der Waals surface area contributed by atoms with Crippen molar-refractivity contribution in [3.05, 3.63) is 58.7 Å². The summed E-state index contributed by atoms with van der Waals surface area (Å²) in [6.07, 6.45) is 4.41. The Labute approximate surface area is 192 Å². The normalized spacial score (nSPS) is 23.5. The third kappa shape index (κ3) is 3.97. The van der Waals surface area contributed by atoms with E-state index in [-0.39, 0.29) is 29.8 Å². The number of aliphatic hydroxyl groups excluding tert-OH is 1. The van der Waals surface area contributed by atoms with E-state index in [4.69, 9.17) is 10.1 Å². The van der Waals surface area contributed by atoms with Crippen molar-refractivity contribution in [1.29, 1.82) is 0 Å². The molecule has 2 saturated heterocycles. The van der Waals surface area contributed by atoms with Crippen molar-refractivity contribution in [2.24, 2.45) is 5.92 Å². The molecule has 0 unspecified atom stereocenters. The smallest absolute Gasteiger partial charge is 0.254 e. The van der Waals surface area contributed by atoms with Crippen LogP contribution < -0.4 is 4.90 Å². The van der Waals surface area contributed by atoms with Crippen LogP contribution in [0.25, 0.3) is 5.65 Å². The second kappa shape index (κ2) is 8.41. The largest absolute Gasteiger partial charge is 0.391 e. The molecule has 2 aliphatic heterocycles. The van der Waals surface area contributed by atoms with E-state index in [9.17, 15) is 14.3 Å². The SMILES string of the molecule is Cc1cc(F)ccc1C(=O)N1CCCC[C@H]1c1cc2nc(N3C[C@@H](C)[C@@H](O)C3)c(C)cn2n1. The Balaban J connectivity index is 1.47. The van der Waals surface area contributed by atoms with Gasteiger partial charge in [-0.25, -0.2) is 13.9 Å². The Morgan fingerprint density at radius 3 is 2.70 bits per heavy atom. The first kappa shape index (κ1) is 21.8. The highest BCUT2D eigenvalue weighted by molar-refractivity contribution is 5.96. The number of benzene rings is 1. The lowest BCUT2D eigenvalue weighted by Gasteiger charge is -2.35. The third-order valence-corrected chi connectivity index (χ3v) is 7.02. The van der Waals surface area contributed by atoms with Crippen molar-refractivity contribution in [2.45, 2.75) is 52.2 Å². The maximum absolute atomic E-state index is 13.6. The zero-order valence-corrected chi connectivity index (χ0v) is 19.3. The van der Waals surface area contributed by atoms with Crippen molar-refractivity contribution in [3.63, 3.8) is 0 Å². The van der Waals surface area contributed by atoms with Gasteiger partial charge in [0.2, 0.25) is 0 Å². The molecule has 2 aromatic heterocycles. The summed E-state index contributed by atoms with van der Waals surface area (Å²) in [5.41, 5.74) is 3.72. The van der Waals surface area contributed by atoms with Crippen LogP contribution >= 0.6 is 0 Å². The topological polar surface area (TPSA) is 74.0 Å². The van der Waals surface area contributed by atoms with Gasteiger partial charge in [0.25, 0.3) is 5.91 Å². The van der Waals surface area contributed by atoms with Crippen LogP contribution in [-0.4, -0.2) is 56.2 Å². The molecule has 4 heterocycles. The van der Waals surface area contributed by atoms with E-state index in [0.29, 0.717) is 24.2 Å². The summed E-state index contributed by atoms with van der Waals surface area (Å²) in [7, 11) is 0. The number of halogens is 1. The molecule has 0 bridgehead atoms. The first-order chi connectivity index (χ1) is 15.8. The van der Waals surface area contributed by atoms with E-state index in [2.05, 4.69) is 4.90 Å². The molecule has 0 spiro atoms. The van der Waals surface area contributed by atoms with Gasteiger partial charge in [-0.05, 0) is 56.9 Å². The fraction of sp³-hybridized carbons (Fsp3) is 0.480. The van der Waals surface area contributed by atoms with Gasteiger partial charge >= 0.3 is 0 Å². The second-order valence-electron chi connectivity index (χ2n) is 9.54. The maximum Gasteiger partial charge on any atom is 0.254 e. The second-order valence-corrected chi connectivity index (χ2v) is 9.54. The number of rotatable bonds is 3. The number of β-amino-alcohol motifs (C(OH)–C–C–N with tert-alkyl or cyclic N) is 1. The van der Waals surface area contributed by atoms with Crippen LogP contribution in [0.15, 0.2) is 30.5 Å². The van der Waals surface area contributed by atoms with Crippen molar-refractivity contribution < 1.29 is 14.3 Å². The fourth-order valence-electron chi connectivity index (χ4n) is 5.13. The van der Waals surface area contributed by atoms with Crippen LogP contribution in [0.4, 0.5) is 10.2 Å². The van der Waals surface area contributed by atoms with Crippen LogP contribution in [-0.2, 0) is 0 Å². The number of hydrogen-bond acceptors (Lipinski definition) is 5. The predicted molar refractivity (Wildman–Crippen MR) is 124 cm³/mol.